The molecule has 234 valence electrons. The normalized spacial score (nSPS) is 11.8. The Morgan fingerprint density at radius 3 is 2.36 bits per heavy atom. The van der Waals surface area contributed by atoms with Crippen molar-refractivity contribution < 1.29 is 49.1 Å². The van der Waals surface area contributed by atoms with Crippen LogP contribution in [0.3, 0.4) is 0 Å². The molecular formula is C26H14ClF6N5O5S2. The second-order valence-electron chi connectivity index (χ2n) is 8.87. The molecular weight excluding hydrogens is 676 g/mol. The molecule has 0 unspecified atom stereocenters. The van der Waals surface area contributed by atoms with Crippen molar-refractivity contribution in [3.63, 3.8) is 0 Å². The van der Waals surface area contributed by atoms with Crippen molar-refractivity contribution in [3.05, 3.63) is 88.4 Å². The van der Waals surface area contributed by atoms with Crippen molar-refractivity contribution in [2.75, 3.05) is 4.47 Å². The van der Waals surface area contributed by atoms with Crippen molar-refractivity contribution in [1.82, 2.24) is 19.7 Å². The van der Waals surface area contributed by atoms with Crippen LogP contribution in [0.1, 0.15) is 0 Å². The maximum atomic E-state index is 15.4. The average molecular weight is 690 g/mol. The number of alkyl halides is 3. The van der Waals surface area contributed by atoms with Crippen LogP contribution in [-0.2, 0) is 26.7 Å². The fourth-order valence-corrected chi connectivity index (χ4v) is 5.86. The lowest BCUT2D eigenvalue weighted by atomic mass is 10.0. The van der Waals surface area contributed by atoms with E-state index in [4.69, 9.17) is 16.3 Å². The minimum atomic E-state index is -5.60. The van der Waals surface area contributed by atoms with Gasteiger partial charge in [0.25, 0.3) is 10.0 Å². The molecule has 0 N–H and O–H groups in total. The fourth-order valence-electron chi connectivity index (χ4n) is 3.76. The van der Waals surface area contributed by atoms with Crippen molar-refractivity contribution in [2.24, 2.45) is 7.05 Å². The van der Waals surface area contributed by atoms with Gasteiger partial charge >= 0.3 is 12.1 Å². The van der Waals surface area contributed by atoms with Gasteiger partial charge in [-0.15, -0.1) is 11.3 Å². The van der Waals surface area contributed by atoms with Gasteiger partial charge in [-0.05, 0) is 30.3 Å². The number of anilines is 1. The molecule has 3 aromatic heterocycles. The minimum Gasteiger partial charge on any atom is -0.453 e. The number of hydrogen-bond donors (Lipinski definition) is 0. The summed E-state index contributed by atoms with van der Waals surface area (Å²) >= 11 is 6.99. The number of carbonyl (C=O) groups excluding carboxylic acids is 1. The Balaban J connectivity index is 1.54. The molecule has 0 saturated heterocycles. The molecule has 5 rings (SSSR count). The van der Waals surface area contributed by atoms with E-state index in [1.165, 1.54) is 29.2 Å². The Bertz CT molecular complexity index is 2020. The van der Waals surface area contributed by atoms with E-state index in [0.717, 1.165) is 34.4 Å². The lowest BCUT2D eigenvalue weighted by Gasteiger charge is -2.21. The van der Waals surface area contributed by atoms with E-state index in [0.29, 0.717) is 17.7 Å². The zero-order valence-electron chi connectivity index (χ0n) is 22.1. The molecule has 0 radical (unpaired) electrons. The molecule has 0 fully saturated rings. The van der Waals surface area contributed by atoms with E-state index >= 15 is 4.39 Å². The summed E-state index contributed by atoms with van der Waals surface area (Å²) in [5.41, 5.74) is 2.15. The van der Waals surface area contributed by atoms with Crippen molar-refractivity contribution >= 4 is 44.7 Å². The van der Waals surface area contributed by atoms with Gasteiger partial charge in [0.05, 0.1) is 28.6 Å². The zero-order valence-corrected chi connectivity index (χ0v) is 24.5. The van der Waals surface area contributed by atoms with E-state index in [-0.39, 0.29) is 22.6 Å². The Kier molecular flexibility index (Phi) is 8.47. The highest BCUT2D eigenvalue weighted by atomic mass is 35.5. The predicted octanol–water partition coefficient (Wildman–Crippen LogP) is 6.68. The van der Waals surface area contributed by atoms with Gasteiger partial charge in [0, 0.05) is 41.4 Å². The van der Waals surface area contributed by atoms with Gasteiger partial charge in [-0.2, -0.15) is 26.7 Å². The first-order chi connectivity index (χ1) is 21.1. The number of aromatic nitrogens is 4. The highest BCUT2D eigenvalue weighted by Crippen LogP contribution is 2.40. The number of thiazole rings is 1. The van der Waals surface area contributed by atoms with Crippen molar-refractivity contribution in [2.45, 2.75) is 11.1 Å². The number of pyridine rings is 1. The van der Waals surface area contributed by atoms with Crippen LogP contribution in [0, 0.1) is 17.5 Å². The number of sulfonamides is 1. The first-order valence-corrected chi connectivity index (χ1v) is 14.7. The van der Waals surface area contributed by atoms with Crippen molar-refractivity contribution in [1.29, 1.82) is 0 Å². The maximum Gasteiger partial charge on any atom is 0.493 e. The smallest absolute Gasteiger partial charge is 0.453 e. The van der Waals surface area contributed by atoms with E-state index in [2.05, 4.69) is 19.9 Å². The lowest BCUT2D eigenvalue weighted by Crippen LogP contribution is -2.39. The van der Waals surface area contributed by atoms with Gasteiger partial charge in [-0.1, -0.05) is 16.1 Å². The summed E-state index contributed by atoms with van der Waals surface area (Å²) in [6.07, 6.45) is -1.43. The Morgan fingerprint density at radius 2 is 1.73 bits per heavy atom. The summed E-state index contributed by atoms with van der Waals surface area (Å²) in [6.45, 7) is 0. The summed E-state index contributed by atoms with van der Waals surface area (Å²) in [4.78, 5) is 22.0. The largest absolute Gasteiger partial charge is 0.493 e. The van der Waals surface area contributed by atoms with Crippen molar-refractivity contribution in [3.8, 4) is 33.9 Å². The van der Waals surface area contributed by atoms with Crippen LogP contribution in [-0.4, -0.2) is 40.3 Å². The Labute approximate surface area is 258 Å². The van der Waals surface area contributed by atoms with Crippen LogP contribution in [0.25, 0.3) is 22.4 Å². The molecule has 0 aliphatic carbocycles. The molecule has 0 bridgehead atoms. The van der Waals surface area contributed by atoms with Crippen LogP contribution in [0.5, 0.6) is 11.5 Å². The number of nitrogens with zero attached hydrogens (tertiary/aromatic N) is 5. The van der Waals surface area contributed by atoms with Gasteiger partial charge in [-0.25, -0.2) is 22.9 Å². The van der Waals surface area contributed by atoms with Crippen LogP contribution in [0.4, 0.5) is 32.2 Å². The number of halogens is 7. The molecule has 19 heteroatoms. The second-order valence-corrected chi connectivity index (χ2v) is 11.7. The topological polar surface area (TPSA) is 117 Å². The minimum absolute atomic E-state index is 0.0607. The predicted molar refractivity (Wildman–Crippen MR) is 147 cm³/mol. The molecule has 0 aliphatic rings. The number of carbonyl (C=O) groups is 1. The average Bonchev–Trinajstić information content (AvgIpc) is 3.66. The Morgan fingerprint density at radius 1 is 0.978 bits per heavy atom. The van der Waals surface area contributed by atoms with Gasteiger partial charge in [-0.3, -0.25) is 9.67 Å². The highest BCUT2D eigenvalue weighted by molar-refractivity contribution is 7.92. The molecule has 0 atom stereocenters. The maximum absolute atomic E-state index is 15.4. The first-order valence-electron chi connectivity index (χ1n) is 12.0. The molecule has 5 aromatic rings. The molecule has 0 saturated carbocycles. The van der Waals surface area contributed by atoms with Crippen LogP contribution in [0.15, 0.2) is 70.8 Å². The highest BCUT2D eigenvalue weighted by Gasteiger charge is 2.45. The SMILES string of the molecule is Cn1cc(-c2cc(-c3ccc(F)c(F)c3)ncc2Oc2cc(F)c(S(=O)(=O)N(OC(=O)C(F)(F)F)c3cscn3)cc2Cl)cn1. The van der Waals surface area contributed by atoms with Gasteiger partial charge < -0.3 is 9.57 Å². The summed E-state index contributed by atoms with van der Waals surface area (Å²) in [7, 11) is -3.76. The van der Waals surface area contributed by atoms with Crippen LogP contribution in [0.2, 0.25) is 5.02 Å². The van der Waals surface area contributed by atoms with E-state index in [1.54, 1.807) is 13.2 Å². The fraction of sp³-hybridized carbons (Fsp3) is 0.0769. The molecule has 45 heavy (non-hydrogen) atoms. The summed E-state index contributed by atoms with van der Waals surface area (Å²) < 4.78 is 115. The lowest BCUT2D eigenvalue weighted by molar-refractivity contribution is -0.199. The van der Waals surface area contributed by atoms with Gasteiger partial charge in [0.2, 0.25) is 0 Å². The standard InChI is InChI=1S/C26H14ClF6N5O5S2/c1-37-10-14(8-36-37)15-5-20(13-2-3-17(28)18(29)4-13)34-9-22(15)42-21-7-19(30)23(6-16(21)27)45(40,41)38(24-11-44-12-35-24)43-25(39)26(31,32)33/h2-12H,1H3. The van der Waals surface area contributed by atoms with E-state index < -0.39 is 65.6 Å². The third-order valence-corrected chi connectivity index (χ3v) is 8.24. The molecule has 10 nitrogen and oxygen atoms in total. The molecule has 3 heterocycles. The number of aryl methyl sites for hydroxylation is 1. The number of ether oxygens (including phenoxy) is 1. The van der Waals surface area contributed by atoms with E-state index in [9.17, 15) is 35.2 Å². The van der Waals surface area contributed by atoms with E-state index in [1.807, 2.05) is 0 Å². The second kappa shape index (κ2) is 12.0. The third kappa shape index (κ3) is 6.57. The zero-order chi connectivity index (χ0) is 32.7. The summed E-state index contributed by atoms with van der Waals surface area (Å²) in [5.74, 6) is -7.91. The van der Waals surface area contributed by atoms with Crippen LogP contribution < -0.4 is 9.21 Å². The Hall–Kier alpha value is -4.68. The van der Waals surface area contributed by atoms with Crippen LogP contribution >= 0.6 is 22.9 Å². The summed E-state index contributed by atoms with van der Waals surface area (Å²) in [5, 5.41) is 4.49. The number of benzene rings is 2. The molecule has 0 aliphatic heterocycles. The monoisotopic (exact) mass is 689 g/mol. The quantitative estimate of drug-likeness (QED) is 0.131. The first kappa shape index (κ1) is 31.7. The molecule has 0 spiro atoms. The molecule has 2 aromatic carbocycles. The number of hydrogen-bond acceptors (Lipinski definition) is 9. The molecule has 0 amide bonds. The van der Waals surface area contributed by atoms with Gasteiger partial charge in [0.15, 0.2) is 23.2 Å². The third-order valence-electron chi connectivity index (χ3n) is 5.80. The van der Waals surface area contributed by atoms with Gasteiger partial charge in [0.1, 0.15) is 16.5 Å². The summed E-state index contributed by atoms with van der Waals surface area (Å²) in [6, 6.07) is 5.66. The number of rotatable bonds is 8.